The fourth-order valence-electron chi connectivity index (χ4n) is 5.15. The number of methoxy groups -OCH3 is 2. The maximum atomic E-state index is 12.7. The van der Waals surface area contributed by atoms with Crippen LogP contribution in [0.5, 0.6) is 11.5 Å². The number of likely N-dealkylation sites (tertiary alicyclic amines) is 1. The van der Waals surface area contributed by atoms with Crippen molar-refractivity contribution in [2.75, 3.05) is 27.3 Å². The van der Waals surface area contributed by atoms with Crippen LogP contribution in [0, 0.1) is 0 Å². The molecule has 5 rings (SSSR count). The van der Waals surface area contributed by atoms with E-state index >= 15 is 0 Å². The summed E-state index contributed by atoms with van der Waals surface area (Å²) in [5.41, 5.74) is 2.94. The molecule has 2 N–H and O–H groups in total. The molecule has 2 aliphatic carbocycles. The number of rotatable bonds is 5. The number of ether oxygens (including phenoxy) is 2. The molecule has 32 heavy (non-hydrogen) atoms. The van der Waals surface area contributed by atoms with Crippen molar-refractivity contribution in [3.8, 4) is 11.5 Å². The molecule has 9 heteroatoms. The Bertz CT molecular complexity index is 1040. The largest absolute Gasteiger partial charge is 0.493 e. The third-order valence-corrected chi connectivity index (χ3v) is 6.75. The number of aromatic nitrogens is 3. The third-order valence-electron chi connectivity index (χ3n) is 6.75. The molecule has 0 radical (unpaired) electrons. The monoisotopic (exact) mass is 442 g/mol. The Hall–Kier alpha value is -2.94. The van der Waals surface area contributed by atoms with Crippen LogP contribution in [-0.2, 0) is 23.2 Å². The SMILES string of the molecule is COc1ccnc(CN2CCCC3(CCc4c3nc(C3CC3)[nH]c4=O)C2)c1OC.O=CO. The number of H-pyrrole nitrogens is 1. The van der Waals surface area contributed by atoms with E-state index in [4.69, 9.17) is 24.4 Å². The van der Waals surface area contributed by atoms with Crippen molar-refractivity contribution in [3.05, 3.63) is 45.4 Å². The van der Waals surface area contributed by atoms with Crippen LogP contribution in [0.3, 0.4) is 0 Å². The van der Waals surface area contributed by atoms with Crippen molar-refractivity contribution >= 4 is 6.47 Å². The normalized spacial score (nSPS) is 22.1. The van der Waals surface area contributed by atoms with Crippen LogP contribution in [-0.4, -0.2) is 58.7 Å². The Morgan fingerprint density at radius 2 is 2.09 bits per heavy atom. The fraction of sp³-hybridized carbons (Fsp3) is 0.565. The van der Waals surface area contributed by atoms with Crippen LogP contribution >= 0.6 is 0 Å². The van der Waals surface area contributed by atoms with Gasteiger partial charge in [0.05, 0.1) is 19.9 Å². The number of carbonyl (C=O) groups is 1. The van der Waals surface area contributed by atoms with Gasteiger partial charge in [0, 0.05) is 42.2 Å². The van der Waals surface area contributed by atoms with Crippen LogP contribution < -0.4 is 15.0 Å². The first-order chi connectivity index (χ1) is 15.5. The standard InChI is InChI=1S/C22H28N4O3.CH2O2/c1-28-17-7-10-23-16(18(17)29-2)12-26-11-3-8-22(13-26)9-6-15-19(22)24-20(14-4-5-14)25-21(15)27;2-1-3/h7,10,14H,3-6,8-9,11-13H2,1-2H3,(H,24,25,27);1H,(H,2,3). The molecule has 1 aliphatic heterocycles. The average Bonchev–Trinajstić information content (AvgIpc) is 3.59. The lowest BCUT2D eigenvalue weighted by Gasteiger charge is -2.40. The lowest BCUT2D eigenvalue weighted by molar-refractivity contribution is -0.122. The highest BCUT2D eigenvalue weighted by atomic mass is 16.5. The summed E-state index contributed by atoms with van der Waals surface area (Å²) >= 11 is 0. The topological polar surface area (TPSA) is 118 Å². The molecule has 9 nitrogen and oxygen atoms in total. The minimum atomic E-state index is -0.250. The smallest absolute Gasteiger partial charge is 0.290 e. The van der Waals surface area contributed by atoms with Gasteiger partial charge < -0.3 is 19.6 Å². The Morgan fingerprint density at radius 3 is 2.78 bits per heavy atom. The summed E-state index contributed by atoms with van der Waals surface area (Å²) in [7, 11) is 3.30. The van der Waals surface area contributed by atoms with E-state index in [-0.39, 0.29) is 17.4 Å². The minimum Gasteiger partial charge on any atom is -0.493 e. The number of fused-ring (bicyclic) bond motifs is 2. The van der Waals surface area contributed by atoms with Crippen molar-refractivity contribution in [1.29, 1.82) is 0 Å². The zero-order valence-electron chi connectivity index (χ0n) is 18.6. The summed E-state index contributed by atoms with van der Waals surface area (Å²) in [5.74, 6) is 2.77. The number of nitrogens with zero attached hydrogens (tertiary/aromatic N) is 3. The summed E-state index contributed by atoms with van der Waals surface area (Å²) in [4.78, 5) is 36.1. The van der Waals surface area contributed by atoms with E-state index in [1.807, 2.05) is 6.07 Å². The first kappa shape index (κ1) is 22.3. The maximum Gasteiger partial charge on any atom is 0.290 e. The van der Waals surface area contributed by atoms with Crippen LogP contribution in [0.1, 0.15) is 60.8 Å². The number of aromatic amines is 1. The van der Waals surface area contributed by atoms with E-state index in [0.29, 0.717) is 24.0 Å². The van der Waals surface area contributed by atoms with E-state index < -0.39 is 0 Å². The number of hydrogen-bond acceptors (Lipinski definition) is 7. The van der Waals surface area contributed by atoms with Gasteiger partial charge in [-0.25, -0.2) is 4.98 Å². The molecule has 0 amide bonds. The van der Waals surface area contributed by atoms with Gasteiger partial charge in [0.1, 0.15) is 11.5 Å². The highest BCUT2D eigenvalue weighted by Crippen LogP contribution is 2.45. The Morgan fingerprint density at radius 1 is 1.31 bits per heavy atom. The molecule has 1 saturated carbocycles. The van der Waals surface area contributed by atoms with Crippen molar-refractivity contribution in [2.24, 2.45) is 0 Å². The lowest BCUT2D eigenvalue weighted by Crippen LogP contribution is -2.45. The molecule has 2 aromatic heterocycles. The quantitative estimate of drug-likeness (QED) is 0.677. The zero-order valence-corrected chi connectivity index (χ0v) is 18.6. The van der Waals surface area contributed by atoms with Gasteiger partial charge in [-0.2, -0.15) is 0 Å². The number of pyridine rings is 1. The van der Waals surface area contributed by atoms with Gasteiger partial charge in [-0.05, 0) is 45.1 Å². The number of carboxylic acid groups (broad SMARTS) is 1. The highest BCUT2D eigenvalue weighted by molar-refractivity contribution is 5.42. The molecule has 1 saturated heterocycles. The van der Waals surface area contributed by atoms with Crippen molar-refractivity contribution in [3.63, 3.8) is 0 Å². The van der Waals surface area contributed by atoms with Crippen LogP contribution in [0.2, 0.25) is 0 Å². The molecule has 0 bridgehead atoms. The molecule has 0 aromatic carbocycles. The zero-order chi connectivity index (χ0) is 22.7. The van der Waals surface area contributed by atoms with Gasteiger partial charge in [0.25, 0.3) is 12.0 Å². The molecule has 172 valence electrons. The maximum absolute atomic E-state index is 12.7. The minimum absolute atomic E-state index is 0.0163. The van der Waals surface area contributed by atoms with Gasteiger partial charge >= 0.3 is 0 Å². The molecule has 2 aromatic rings. The lowest BCUT2D eigenvalue weighted by atomic mass is 9.77. The number of hydrogen-bond donors (Lipinski definition) is 2. The average molecular weight is 443 g/mol. The summed E-state index contributed by atoms with van der Waals surface area (Å²) in [5, 5.41) is 6.89. The van der Waals surface area contributed by atoms with E-state index in [0.717, 1.165) is 74.4 Å². The van der Waals surface area contributed by atoms with E-state index in [2.05, 4.69) is 14.9 Å². The molecular weight excluding hydrogens is 412 g/mol. The van der Waals surface area contributed by atoms with E-state index in [1.54, 1.807) is 20.4 Å². The number of piperidine rings is 1. The molecule has 3 aliphatic rings. The predicted molar refractivity (Wildman–Crippen MR) is 117 cm³/mol. The second-order valence-corrected chi connectivity index (χ2v) is 8.75. The van der Waals surface area contributed by atoms with Crippen molar-refractivity contribution in [2.45, 2.75) is 56.4 Å². The van der Waals surface area contributed by atoms with Crippen LogP contribution in [0.25, 0.3) is 0 Å². The Labute approximate surface area is 186 Å². The van der Waals surface area contributed by atoms with Gasteiger partial charge in [0.15, 0.2) is 11.5 Å². The molecule has 3 heterocycles. The molecule has 1 unspecified atom stereocenters. The first-order valence-electron chi connectivity index (χ1n) is 11.0. The molecular formula is C23H30N4O5. The van der Waals surface area contributed by atoms with E-state index in [1.165, 1.54) is 0 Å². The Kier molecular flexibility index (Phi) is 6.45. The van der Waals surface area contributed by atoms with Gasteiger partial charge in [0.2, 0.25) is 0 Å². The van der Waals surface area contributed by atoms with Crippen molar-refractivity contribution < 1.29 is 19.4 Å². The summed E-state index contributed by atoms with van der Waals surface area (Å²) in [6, 6.07) is 1.82. The van der Waals surface area contributed by atoms with Gasteiger partial charge in [-0.15, -0.1) is 0 Å². The number of nitrogens with one attached hydrogen (secondary N) is 1. The molecule has 1 spiro atoms. The van der Waals surface area contributed by atoms with Crippen LogP contribution in [0.4, 0.5) is 0 Å². The fourth-order valence-corrected chi connectivity index (χ4v) is 5.15. The third kappa shape index (κ3) is 4.21. The predicted octanol–water partition coefficient (Wildman–Crippen LogP) is 2.24. The second kappa shape index (κ2) is 9.28. The summed E-state index contributed by atoms with van der Waals surface area (Å²) in [6.45, 7) is 2.37. The van der Waals surface area contributed by atoms with Crippen molar-refractivity contribution in [1.82, 2.24) is 19.9 Å². The van der Waals surface area contributed by atoms with Gasteiger partial charge in [-0.3, -0.25) is 19.5 Å². The molecule has 2 fully saturated rings. The highest BCUT2D eigenvalue weighted by Gasteiger charge is 2.45. The Balaban J connectivity index is 0.000000775. The van der Waals surface area contributed by atoms with Gasteiger partial charge in [-0.1, -0.05) is 0 Å². The van der Waals surface area contributed by atoms with Crippen LogP contribution in [0.15, 0.2) is 17.1 Å². The summed E-state index contributed by atoms with van der Waals surface area (Å²) < 4.78 is 11.0. The summed E-state index contributed by atoms with van der Waals surface area (Å²) in [6.07, 6.45) is 8.08. The first-order valence-corrected chi connectivity index (χ1v) is 11.0. The van der Waals surface area contributed by atoms with E-state index in [9.17, 15) is 4.79 Å². The second-order valence-electron chi connectivity index (χ2n) is 8.75. The molecule has 1 atom stereocenters.